The largest absolute Gasteiger partial charge is 0.507 e. The first-order valence-electron chi connectivity index (χ1n) is 10.9. The van der Waals surface area contributed by atoms with E-state index in [0.29, 0.717) is 5.75 Å². The maximum absolute atomic E-state index is 10.9. The number of rotatable bonds is 9. The second-order valence-electron chi connectivity index (χ2n) is 10.2. The number of hydrogen-bond donors (Lipinski definition) is 1. The quantitative estimate of drug-likeness (QED) is 0.443. The number of aromatic hydroxyl groups is 1. The van der Waals surface area contributed by atoms with Crippen LogP contribution in [-0.2, 0) is 17.3 Å². The van der Waals surface area contributed by atoms with Gasteiger partial charge in [-0.25, -0.2) is 0 Å². The maximum Gasteiger partial charge on any atom is 0.123 e. The summed E-state index contributed by atoms with van der Waals surface area (Å²) in [4.78, 5) is 0. The van der Waals surface area contributed by atoms with Crippen LogP contribution >= 0.6 is 0 Å². The highest BCUT2D eigenvalue weighted by Gasteiger charge is 2.26. The molecule has 0 heterocycles. The molecule has 0 fully saturated rings. The van der Waals surface area contributed by atoms with Crippen molar-refractivity contribution in [3.8, 4) is 5.75 Å². The van der Waals surface area contributed by atoms with Gasteiger partial charge < -0.3 is 5.11 Å². The van der Waals surface area contributed by atoms with Gasteiger partial charge in [0.05, 0.1) is 0 Å². The lowest BCUT2D eigenvalue weighted by Crippen LogP contribution is -2.18. The summed E-state index contributed by atoms with van der Waals surface area (Å²) < 4.78 is 0. The van der Waals surface area contributed by atoms with E-state index in [4.69, 9.17) is 0 Å². The van der Waals surface area contributed by atoms with Crippen molar-refractivity contribution in [1.82, 2.24) is 0 Å². The Morgan fingerprint density at radius 1 is 0.808 bits per heavy atom. The number of phenols is 1. The van der Waals surface area contributed by atoms with Crippen LogP contribution in [0.1, 0.15) is 117 Å². The molecule has 0 aromatic heterocycles. The summed E-state index contributed by atoms with van der Waals surface area (Å²) in [5.74, 6) is 1.33. The maximum atomic E-state index is 10.9. The fourth-order valence-electron chi connectivity index (χ4n) is 3.77. The van der Waals surface area contributed by atoms with Gasteiger partial charge >= 0.3 is 0 Å². The predicted octanol–water partition coefficient (Wildman–Crippen LogP) is 7.92. The van der Waals surface area contributed by atoms with Crippen LogP contribution in [0.5, 0.6) is 5.75 Å². The zero-order chi connectivity index (χ0) is 20.0. The molecule has 0 radical (unpaired) electrons. The van der Waals surface area contributed by atoms with E-state index in [1.165, 1.54) is 50.5 Å². The third-order valence-corrected chi connectivity index (χ3v) is 5.67. The van der Waals surface area contributed by atoms with Crippen molar-refractivity contribution in [2.75, 3.05) is 0 Å². The van der Waals surface area contributed by atoms with Crippen LogP contribution in [0.15, 0.2) is 12.1 Å². The summed E-state index contributed by atoms with van der Waals surface area (Å²) in [5.41, 5.74) is 3.51. The van der Waals surface area contributed by atoms with Crippen LogP contribution in [0.2, 0.25) is 0 Å². The molecule has 1 aromatic carbocycles. The Morgan fingerprint density at radius 3 is 1.77 bits per heavy atom. The summed E-state index contributed by atoms with van der Waals surface area (Å²) in [6, 6.07) is 4.52. The van der Waals surface area contributed by atoms with Crippen molar-refractivity contribution in [3.63, 3.8) is 0 Å². The van der Waals surface area contributed by atoms with E-state index in [1.54, 1.807) is 0 Å². The van der Waals surface area contributed by atoms with Crippen LogP contribution in [0.25, 0.3) is 0 Å². The van der Waals surface area contributed by atoms with Crippen molar-refractivity contribution >= 4 is 0 Å². The lowest BCUT2D eigenvalue weighted by atomic mass is 9.77. The molecule has 1 heteroatoms. The first kappa shape index (κ1) is 23.1. The SMILES string of the molecule is CCCCCCC(CC)CCc1cc(C(C)(C)C)c(O)c(C(C)(C)C)c1. The van der Waals surface area contributed by atoms with Gasteiger partial charge in [0.1, 0.15) is 5.75 Å². The van der Waals surface area contributed by atoms with Gasteiger partial charge in [-0.1, -0.05) is 106 Å². The molecule has 0 aliphatic heterocycles. The molecular weight excluding hydrogens is 316 g/mol. The highest BCUT2D eigenvalue weighted by molar-refractivity contribution is 5.49. The Bertz CT molecular complexity index is 507. The third-order valence-electron chi connectivity index (χ3n) is 5.67. The van der Waals surface area contributed by atoms with E-state index >= 15 is 0 Å². The smallest absolute Gasteiger partial charge is 0.123 e. The molecule has 0 aliphatic rings. The van der Waals surface area contributed by atoms with Crippen molar-refractivity contribution < 1.29 is 5.11 Å². The number of unbranched alkanes of at least 4 members (excludes halogenated alkanes) is 3. The molecule has 150 valence electrons. The first-order valence-corrected chi connectivity index (χ1v) is 10.9. The van der Waals surface area contributed by atoms with E-state index < -0.39 is 0 Å². The van der Waals surface area contributed by atoms with Crippen LogP contribution in [0.4, 0.5) is 0 Å². The highest BCUT2D eigenvalue weighted by Crippen LogP contribution is 2.40. The monoisotopic (exact) mass is 360 g/mol. The summed E-state index contributed by atoms with van der Waals surface area (Å²) in [5, 5.41) is 10.9. The molecule has 0 aliphatic carbocycles. The fraction of sp³-hybridized carbons (Fsp3) is 0.760. The first-order chi connectivity index (χ1) is 12.0. The van der Waals surface area contributed by atoms with E-state index in [1.807, 2.05) is 0 Å². The molecule has 1 N–H and O–H groups in total. The summed E-state index contributed by atoms with van der Waals surface area (Å²) >= 11 is 0. The van der Waals surface area contributed by atoms with Gasteiger partial charge in [-0.3, -0.25) is 0 Å². The molecule has 0 saturated heterocycles. The second-order valence-corrected chi connectivity index (χ2v) is 10.2. The lowest BCUT2D eigenvalue weighted by Gasteiger charge is -2.28. The summed E-state index contributed by atoms with van der Waals surface area (Å²) in [7, 11) is 0. The zero-order valence-corrected chi connectivity index (χ0v) is 18.8. The van der Waals surface area contributed by atoms with E-state index in [9.17, 15) is 5.11 Å². The molecule has 1 unspecified atom stereocenters. The Morgan fingerprint density at radius 2 is 1.35 bits per heavy atom. The summed E-state index contributed by atoms with van der Waals surface area (Å²) in [6.07, 6.45) is 10.5. The molecule has 1 aromatic rings. The minimum Gasteiger partial charge on any atom is -0.507 e. The molecule has 0 saturated carbocycles. The Hall–Kier alpha value is -0.980. The van der Waals surface area contributed by atoms with Crippen molar-refractivity contribution in [1.29, 1.82) is 0 Å². The second kappa shape index (κ2) is 9.81. The standard InChI is InChI=1S/C25H44O/c1-9-11-12-13-14-19(10-2)15-16-20-17-21(24(3,4)5)23(26)22(18-20)25(6,7)8/h17-19,26H,9-16H2,1-8H3. The van der Waals surface area contributed by atoms with Gasteiger partial charge in [0.2, 0.25) is 0 Å². The molecule has 1 atom stereocenters. The lowest BCUT2D eigenvalue weighted by molar-refractivity contribution is 0.410. The van der Waals surface area contributed by atoms with E-state index in [2.05, 4.69) is 67.5 Å². The topological polar surface area (TPSA) is 20.2 Å². The number of hydrogen-bond acceptors (Lipinski definition) is 1. The molecule has 26 heavy (non-hydrogen) atoms. The van der Waals surface area contributed by atoms with Crippen LogP contribution in [-0.4, -0.2) is 5.11 Å². The van der Waals surface area contributed by atoms with Gasteiger partial charge in [-0.2, -0.15) is 0 Å². The Balaban J connectivity index is 2.95. The minimum atomic E-state index is -0.0373. The number of benzene rings is 1. The Labute approximate surface area is 163 Å². The molecule has 0 amide bonds. The van der Waals surface area contributed by atoms with Crippen molar-refractivity contribution in [2.45, 2.75) is 118 Å². The van der Waals surface area contributed by atoms with E-state index in [0.717, 1.165) is 23.5 Å². The molecule has 1 nitrogen and oxygen atoms in total. The normalized spacial score (nSPS) is 13.8. The molecule has 0 bridgehead atoms. The average molecular weight is 361 g/mol. The fourth-order valence-corrected chi connectivity index (χ4v) is 3.77. The predicted molar refractivity (Wildman–Crippen MR) is 116 cm³/mol. The molecule has 0 spiro atoms. The summed E-state index contributed by atoms with van der Waals surface area (Å²) in [6.45, 7) is 17.8. The van der Waals surface area contributed by atoms with Crippen LogP contribution in [0, 0.1) is 5.92 Å². The van der Waals surface area contributed by atoms with Crippen LogP contribution in [0.3, 0.4) is 0 Å². The number of phenolic OH excluding ortho intramolecular Hbond substituents is 1. The van der Waals surface area contributed by atoms with Gasteiger partial charge in [0, 0.05) is 0 Å². The van der Waals surface area contributed by atoms with Gasteiger partial charge in [-0.15, -0.1) is 0 Å². The van der Waals surface area contributed by atoms with Gasteiger partial charge in [0.15, 0.2) is 0 Å². The van der Waals surface area contributed by atoms with Crippen molar-refractivity contribution in [3.05, 3.63) is 28.8 Å². The van der Waals surface area contributed by atoms with Gasteiger partial charge in [0.25, 0.3) is 0 Å². The van der Waals surface area contributed by atoms with Gasteiger partial charge in [-0.05, 0) is 46.3 Å². The Kier molecular flexibility index (Phi) is 8.70. The molecule has 1 rings (SSSR count). The minimum absolute atomic E-state index is 0.0373. The molecular formula is C25H44O. The van der Waals surface area contributed by atoms with Crippen LogP contribution < -0.4 is 0 Å². The highest BCUT2D eigenvalue weighted by atomic mass is 16.3. The number of aryl methyl sites for hydroxylation is 1. The van der Waals surface area contributed by atoms with Crippen molar-refractivity contribution in [2.24, 2.45) is 5.92 Å². The van der Waals surface area contributed by atoms with E-state index in [-0.39, 0.29) is 10.8 Å². The average Bonchev–Trinajstić information content (AvgIpc) is 2.53. The third kappa shape index (κ3) is 6.97. The zero-order valence-electron chi connectivity index (χ0n) is 18.8.